The molecule has 22 heavy (non-hydrogen) atoms. The fourth-order valence-electron chi connectivity index (χ4n) is 4.05. The van der Waals surface area contributed by atoms with Crippen LogP contribution in [0.3, 0.4) is 0 Å². The highest BCUT2D eigenvalue weighted by Crippen LogP contribution is 2.56. The monoisotopic (exact) mass is 420 g/mol. The minimum atomic E-state index is 0. The number of halogens is 1. The third kappa shape index (κ3) is 4.73. The summed E-state index contributed by atoms with van der Waals surface area (Å²) in [6, 6.07) is 0. The Kier molecular flexibility index (Phi) is 7.25. The summed E-state index contributed by atoms with van der Waals surface area (Å²) in [6.45, 7) is 5.84. The van der Waals surface area contributed by atoms with Crippen LogP contribution < -0.4 is 10.6 Å². The van der Waals surface area contributed by atoms with Crippen molar-refractivity contribution in [1.29, 1.82) is 0 Å². The Balaban J connectivity index is 0.00000176. The normalized spacial score (nSPS) is 25.0. The zero-order valence-electron chi connectivity index (χ0n) is 14.1. The third-order valence-corrected chi connectivity index (χ3v) is 5.79. The molecule has 0 unspecified atom stereocenters. The van der Waals surface area contributed by atoms with Gasteiger partial charge in [-0.05, 0) is 62.9 Å². The van der Waals surface area contributed by atoms with Crippen molar-refractivity contribution in [3.63, 3.8) is 0 Å². The summed E-state index contributed by atoms with van der Waals surface area (Å²) >= 11 is 0. The Bertz CT molecular complexity index is 358. The highest BCUT2D eigenvalue weighted by molar-refractivity contribution is 14.0. The highest BCUT2D eigenvalue weighted by atomic mass is 127. The predicted molar refractivity (Wildman–Crippen MR) is 104 cm³/mol. The molecule has 5 heteroatoms. The van der Waals surface area contributed by atoms with Gasteiger partial charge in [0.2, 0.25) is 0 Å². The van der Waals surface area contributed by atoms with Crippen molar-refractivity contribution < 1.29 is 0 Å². The van der Waals surface area contributed by atoms with Crippen LogP contribution in [0.4, 0.5) is 0 Å². The van der Waals surface area contributed by atoms with Gasteiger partial charge in [-0.15, -0.1) is 24.0 Å². The molecule has 3 fully saturated rings. The van der Waals surface area contributed by atoms with E-state index >= 15 is 0 Å². The summed E-state index contributed by atoms with van der Waals surface area (Å²) in [5.41, 5.74) is 0.616. The van der Waals surface area contributed by atoms with Crippen LogP contribution >= 0.6 is 24.0 Å². The molecule has 2 aliphatic carbocycles. The van der Waals surface area contributed by atoms with Gasteiger partial charge in [-0.3, -0.25) is 4.99 Å². The Morgan fingerprint density at radius 1 is 1.09 bits per heavy atom. The smallest absolute Gasteiger partial charge is 0.191 e. The van der Waals surface area contributed by atoms with Crippen molar-refractivity contribution in [3.8, 4) is 0 Å². The summed E-state index contributed by atoms with van der Waals surface area (Å²) in [7, 11) is 1.89. The van der Waals surface area contributed by atoms with E-state index in [1.54, 1.807) is 0 Å². The van der Waals surface area contributed by atoms with E-state index in [0.717, 1.165) is 31.5 Å². The number of guanidine groups is 1. The van der Waals surface area contributed by atoms with Crippen LogP contribution in [-0.2, 0) is 0 Å². The molecule has 0 aromatic heterocycles. The molecule has 3 aliphatic rings. The van der Waals surface area contributed by atoms with Crippen LogP contribution in [-0.4, -0.2) is 50.6 Å². The topological polar surface area (TPSA) is 39.7 Å². The average Bonchev–Trinajstić information content (AvgIpc) is 3.30. The summed E-state index contributed by atoms with van der Waals surface area (Å²) < 4.78 is 0. The van der Waals surface area contributed by atoms with Crippen molar-refractivity contribution >= 4 is 29.9 Å². The van der Waals surface area contributed by atoms with Crippen LogP contribution in [0.2, 0.25) is 0 Å². The average molecular weight is 420 g/mol. The van der Waals surface area contributed by atoms with E-state index in [9.17, 15) is 0 Å². The Hall–Kier alpha value is -0.0400. The van der Waals surface area contributed by atoms with Gasteiger partial charge in [-0.25, -0.2) is 0 Å². The second-order valence-corrected chi connectivity index (χ2v) is 7.25. The molecule has 128 valence electrons. The molecule has 0 radical (unpaired) electrons. The number of hydrogen-bond donors (Lipinski definition) is 2. The number of hydrogen-bond acceptors (Lipinski definition) is 2. The Morgan fingerprint density at radius 3 is 2.36 bits per heavy atom. The molecule has 2 saturated carbocycles. The van der Waals surface area contributed by atoms with Crippen LogP contribution in [0.5, 0.6) is 0 Å². The lowest BCUT2D eigenvalue weighted by Crippen LogP contribution is -2.48. The first-order chi connectivity index (χ1) is 10.3. The van der Waals surface area contributed by atoms with E-state index in [2.05, 4.69) is 20.5 Å². The van der Waals surface area contributed by atoms with Gasteiger partial charge in [0.05, 0.1) is 0 Å². The molecule has 0 spiro atoms. The predicted octanol–water partition coefficient (Wildman–Crippen LogP) is 2.84. The van der Waals surface area contributed by atoms with Crippen LogP contribution in [0.25, 0.3) is 0 Å². The standard InChI is InChI=1S/C17H32N4.HI/c1-18-16(19-10-13-21-11-3-2-4-12-21)20-14-17(8-5-9-17)15-6-7-15;/h15H,2-14H2,1H3,(H2,18,19,20);1H. The second kappa shape index (κ2) is 8.71. The first kappa shape index (κ1) is 18.3. The molecule has 3 rings (SSSR count). The SMILES string of the molecule is CN=C(NCCN1CCCCC1)NCC1(C2CC2)CCC1.I. The first-order valence-electron chi connectivity index (χ1n) is 8.99. The number of likely N-dealkylation sites (tertiary alicyclic amines) is 1. The third-order valence-electron chi connectivity index (χ3n) is 5.79. The van der Waals surface area contributed by atoms with Crippen molar-refractivity contribution in [3.05, 3.63) is 0 Å². The fourth-order valence-corrected chi connectivity index (χ4v) is 4.05. The van der Waals surface area contributed by atoms with Gasteiger partial charge in [0.1, 0.15) is 0 Å². The number of nitrogens with zero attached hydrogens (tertiary/aromatic N) is 2. The summed E-state index contributed by atoms with van der Waals surface area (Å²) in [6.07, 6.45) is 11.4. The maximum Gasteiger partial charge on any atom is 0.191 e. The molecule has 1 aliphatic heterocycles. The molecule has 1 heterocycles. The van der Waals surface area contributed by atoms with Gasteiger partial charge in [-0.2, -0.15) is 0 Å². The van der Waals surface area contributed by atoms with E-state index < -0.39 is 0 Å². The molecule has 0 atom stereocenters. The molecule has 0 bridgehead atoms. The first-order valence-corrected chi connectivity index (χ1v) is 8.99. The van der Waals surface area contributed by atoms with Gasteiger partial charge in [0.15, 0.2) is 5.96 Å². The Morgan fingerprint density at radius 2 is 1.82 bits per heavy atom. The second-order valence-electron chi connectivity index (χ2n) is 7.25. The lowest BCUT2D eigenvalue weighted by atomic mass is 9.65. The quantitative estimate of drug-likeness (QED) is 0.395. The zero-order chi connectivity index (χ0) is 14.5. The number of nitrogens with one attached hydrogen (secondary N) is 2. The molecule has 0 aromatic carbocycles. The van der Waals surface area contributed by atoms with Crippen molar-refractivity contribution in [2.75, 3.05) is 39.8 Å². The van der Waals surface area contributed by atoms with Crippen LogP contribution in [0, 0.1) is 11.3 Å². The number of piperidine rings is 1. The summed E-state index contributed by atoms with van der Waals surface area (Å²) in [5, 5.41) is 7.09. The molecular formula is C17H33IN4. The summed E-state index contributed by atoms with van der Waals surface area (Å²) in [4.78, 5) is 6.96. The van der Waals surface area contributed by atoms with Gasteiger partial charge < -0.3 is 15.5 Å². The summed E-state index contributed by atoms with van der Waals surface area (Å²) in [5.74, 6) is 2.00. The van der Waals surface area contributed by atoms with E-state index in [1.165, 1.54) is 64.5 Å². The molecule has 1 saturated heterocycles. The van der Waals surface area contributed by atoms with E-state index in [1.807, 2.05) is 7.05 Å². The lowest BCUT2D eigenvalue weighted by molar-refractivity contribution is 0.106. The van der Waals surface area contributed by atoms with Crippen molar-refractivity contribution in [1.82, 2.24) is 15.5 Å². The van der Waals surface area contributed by atoms with Gasteiger partial charge in [0.25, 0.3) is 0 Å². The molecular weight excluding hydrogens is 387 g/mol. The van der Waals surface area contributed by atoms with E-state index in [0.29, 0.717) is 5.41 Å². The molecule has 0 aromatic rings. The molecule has 2 N–H and O–H groups in total. The highest BCUT2D eigenvalue weighted by Gasteiger charge is 2.48. The van der Waals surface area contributed by atoms with Crippen LogP contribution in [0.1, 0.15) is 51.4 Å². The zero-order valence-corrected chi connectivity index (χ0v) is 16.4. The maximum absolute atomic E-state index is 4.39. The lowest BCUT2D eigenvalue weighted by Gasteiger charge is -2.43. The van der Waals surface area contributed by atoms with Crippen molar-refractivity contribution in [2.24, 2.45) is 16.3 Å². The van der Waals surface area contributed by atoms with Crippen molar-refractivity contribution in [2.45, 2.75) is 51.4 Å². The van der Waals surface area contributed by atoms with Gasteiger partial charge in [-0.1, -0.05) is 12.8 Å². The Labute approximate surface area is 152 Å². The minimum absolute atomic E-state index is 0. The van der Waals surface area contributed by atoms with Crippen LogP contribution in [0.15, 0.2) is 4.99 Å². The van der Waals surface area contributed by atoms with E-state index in [-0.39, 0.29) is 24.0 Å². The number of rotatable bonds is 6. The fraction of sp³-hybridized carbons (Fsp3) is 0.941. The van der Waals surface area contributed by atoms with Gasteiger partial charge in [0, 0.05) is 26.7 Å². The van der Waals surface area contributed by atoms with Gasteiger partial charge >= 0.3 is 0 Å². The largest absolute Gasteiger partial charge is 0.356 e. The molecule has 0 amide bonds. The minimum Gasteiger partial charge on any atom is -0.356 e. The van der Waals surface area contributed by atoms with E-state index in [4.69, 9.17) is 0 Å². The maximum atomic E-state index is 4.39. The number of aliphatic imine (C=N–C) groups is 1. The molecule has 4 nitrogen and oxygen atoms in total.